The minimum absolute atomic E-state index is 0.191. The Kier molecular flexibility index (Phi) is 5.34. The van der Waals surface area contributed by atoms with Crippen LogP contribution in [0.1, 0.15) is 31.0 Å². The number of nitrogens with one attached hydrogen (secondary N) is 1. The maximum atomic E-state index is 13.1. The Morgan fingerprint density at radius 2 is 1.81 bits per heavy atom. The molecule has 2 nitrogen and oxygen atoms in total. The van der Waals surface area contributed by atoms with Gasteiger partial charge in [-0.25, -0.2) is 4.39 Å². The van der Waals surface area contributed by atoms with Gasteiger partial charge < -0.3 is 10.1 Å². The second kappa shape index (κ2) is 7.23. The van der Waals surface area contributed by atoms with E-state index in [1.54, 1.807) is 7.11 Å². The molecule has 0 saturated carbocycles. The zero-order valence-electron chi connectivity index (χ0n) is 12.8. The van der Waals surface area contributed by atoms with Crippen LogP contribution in [0.25, 0.3) is 0 Å². The fourth-order valence-electron chi connectivity index (χ4n) is 2.42. The molecule has 0 spiro atoms. The molecular formula is C18H22FNO. The quantitative estimate of drug-likeness (QED) is 0.854. The van der Waals surface area contributed by atoms with Crippen molar-refractivity contribution in [3.63, 3.8) is 0 Å². The molecule has 0 aliphatic rings. The second-order valence-corrected chi connectivity index (χ2v) is 5.51. The van der Waals surface area contributed by atoms with Crippen LogP contribution in [-0.4, -0.2) is 7.11 Å². The average Bonchev–Trinajstić information content (AvgIpc) is 2.49. The molecule has 112 valence electrons. The first-order valence-corrected chi connectivity index (χ1v) is 7.22. The molecule has 3 heteroatoms. The van der Waals surface area contributed by atoms with Crippen molar-refractivity contribution >= 4 is 0 Å². The predicted molar refractivity (Wildman–Crippen MR) is 83.8 cm³/mol. The van der Waals surface area contributed by atoms with Crippen molar-refractivity contribution in [2.75, 3.05) is 7.11 Å². The summed E-state index contributed by atoms with van der Waals surface area (Å²) in [4.78, 5) is 0. The van der Waals surface area contributed by atoms with Gasteiger partial charge in [-0.15, -0.1) is 0 Å². The lowest BCUT2D eigenvalue weighted by Crippen LogP contribution is -2.25. The van der Waals surface area contributed by atoms with Crippen LogP contribution in [-0.2, 0) is 6.54 Å². The third kappa shape index (κ3) is 4.30. The fraction of sp³-hybridized carbons (Fsp3) is 0.333. The van der Waals surface area contributed by atoms with Crippen LogP contribution < -0.4 is 10.1 Å². The van der Waals surface area contributed by atoms with E-state index in [0.717, 1.165) is 17.9 Å². The van der Waals surface area contributed by atoms with Gasteiger partial charge in [0, 0.05) is 12.6 Å². The molecule has 0 amide bonds. The lowest BCUT2D eigenvalue weighted by atomic mass is 9.95. The first-order valence-electron chi connectivity index (χ1n) is 7.22. The van der Waals surface area contributed by atoms with Crippen molar-refractivity contribution < 1.29 is 9.13 Å². The van der Waals surface area contributed by atoms with E-state index in [4.69, 9.17) is 4.74 Å². The topological polar surface area (TPSA) is 21.3 Å². The van der Waals surface area contributed by atoms with Gasteiger partial charge in [0.1, 0.15) is 11.6 Å². The molecule has 2 rings (SSSR count). The highest BCUT2D eigenvalue weighted by Gasteiger charge is 2.15. The maximum Gasteiger partial charge on any atom is 0.123 e. The van der Waals surface area contributed by atoms with Crippen LogP contribution in [0.2, 0.25) is 0 Å². The third-order valence-corrected chi connectivity index (χ3v) is 3.56. The molecule has 2 aromatic rings. The van der Waals surface area contributed by atoms with E-state index in [1.165, 1.54) is 17.7 Å². The highest BCUT2D eigenvalue weighted by molar-refractivity contribution is 5.28. The molecule has 0 aliphatic carbocycles. The molecule has 1 N–H and O–H groups in total. The maximum absolute atomic E-state index is 13.1. The van der Waals surface area contributed by atoms with Crippen LogP contribution in [0.4, 0.5) is 4.39 Å². The fourth-order valence-corrected chi connectivity index (χ4v) is 2.42. The molecule has 0 heterocycles. The summed E-state index contributed by atoms with van der Waals surface area (Å²) in [5, 5.41) is 3.54. The van der Waals surface area contributed by atoms with E-state index in [2.05, 4.69) is 25.2 Å². The summed E-state index contributed by atoms with van der Waals surface area (Å²) in [7, 11) is 1.67. The van der Waals surface area contributed by atoms with E-state index in [1.807, 2.05) is 30.3 Å². The number of rotatable bonds is 6. The Balaban J connectivity index is 2.08. The van der Waals surface area contributed by atoms with Gasteiger partial charge in [0.05, 0.1) is 7.11 Å². The summed E-state index contributed by atoms with van der Waals surface area (Å²) in [5.74, 6) is 1.08. The molecule has 21 heavy (non-hydrogen) atoms. The highest BCUT2D eigenvalue weighted by atomic mass is 19.1. The number of ether oxygens (including phenoxy) is 1. The van der Waals surface area contributed by atoms with Gasteiger partial charge in [0.25, 0.3) is 0 Å². The summed E-state index contributed by atoms with van der Waals surface area (Å²) >= 11 is 0. The standard InChI is InChI=1S/C18H22FNO/c1-13(2)18(15-7-9-16(19)10-8-15)20-12-14-5-4-6-17(11-14)21-3/h4-11,13,18,20H,12H2,1-3H3. The van der Waals surface area contributed by atoms with Crippen LogP contribution >= 0.6 is 0 Å². The molecule has 0 radical (unpaired) electrons. The first kappa shape index (κ1) is 15.5. The van der Waals surface area contributed by atoms with Crippen LogP contribution in [0.3, 0.4) is 0 Å². The van der Waals surface area contributed by atoms with E-state index in [-0.39, 0.29) is 11.9 Å². The molecule has 1 atom stereocenters. The smallest absolute Gasteiger partial charge is 0.123 e. The number of halogens is 1. The second-order valence-electron chi connectivity index (χ2n) is 5.51. The summed E-state index contributed by atoms with van der Waals surface area (Å²) < 4.78 is 18.3. The van der Waals surface area contributed by atoms with Crippen LogP contribution in [0.5, 0.6) is 5.75 Å². The van der Waals surface area contributed by atoms with E-state index in [9.17, 15) is 4.39 Å². The van der Waals surface area contributed by atoms with E-state index < -0.39 is 0 Å². The van der Waals surface area contributed by atoms with Crippen LogP contribution in [0.15, 0.2) is 48.5 Å². The molecule has 1 unspecified atom stereocenters. The highest BCUT2D eigenvalue weighted by Crippen LogP contribution is 2.23. The van der Waals surface area contributed by atoms with Gasteiger partial charge in [-0.2, -0.15) is 0 Å². The Morgan fingerprint density at radius 3 is 2.43 bits per heavy atom. The molecule has 0 saturated heterocycles. The van der Waals surface area contributed by atoms with Gasteiger partial charge in [-0.3, -0.25) is 0 Å². The van der Waals surface area contributed by atoms with Gasteiger partial charge in [-0.1, -0.05) is 38.1 Å². The van der Waals surface area contributed by atoms with Gasteiger partial charge >= 0.3 is 0 Å². The minimum Gasteiger partial charge on any atom is -0.497 e. The summed E-state index contributed by atoms with van der Waals surface area (Å²) in [6.07, 6.45) is 0. The molecule has 0 fully saturated rings. The van der Waals surface area contributed by atoms with Crippen molar-refractivity contribution in [1.82, 2.24) is 5.32 Å². The third-order valence-electron chi connectivity index (χ3n) is 3.56. The molecule has 2 aromatic carbocycles. The number of benzene rings is 2. The van der Waals surface area contributed by atoms with Crippen molar-refractivity contribution in [1.29, 1.82) is 0 Å². The van der Waals surface area contributed by atoms with Crippen LogP contribution in [0, 0.1) is 11.7 Å². The monoisotopic (exact) mass is 287 g/mol. The predicted octanol–water partition coefficient (Wildman–Crippen LogP) is 4.32. The molecular weight excluding hydrogens is 265 g/mol. The van der Waals surface area contributed by atoms with E-state index >= 15 is 0 Å². The zero-order valence-corrected chi connectivity index (χ0v) is 12.8. The van der Waals surface area contributed by atoms with Gasteiger partial charge in [0.15, 0.2) is 0 Å². The Morgan fingerprint density at radius 1 is 1.10 bits per heavy atom. The first-order chi connectivity index (χ1) is 10.1. The van der Waals surface area contributed by atoms with Crippen molar-refractivity contribution in [2.45, 2.75) is 26.4 Å². The largest absolute Gasteiger partial charge is 0.497 e. The number of methoxy groups -OCH3 is 1. The minimum atomic E-state index is -0.200. The van der Waals surface area contributed by atoms with Crippen molar-refractivity contribution in [3.8, 4) is 5.75 Å². The summed E-state index contributed by atoms with van der Waals surface area (Å²) in [6.45, 7) is 5.07. The lowest BCUT2D eigenvalue weighted by Gasteiger charge is -2.23. The number of hydrogen-bond donors (Lipinski definition) is 1. The van der Waals surface area contributed by atoms with Crippen molar-refractivity contribution in [3.05, 3.63) is 65.5 Å². The molecule has 0 aliphatic heterocycles. The average molecular weight is 287 g/mol. The Bertz CT molecular complexity index is 566. The van der Waals surface area contributed by atoms with Crippen molar-refractivity contribution in [2.24, 2.45) is 5.92 Å². The van der Waals surface area contributed by atoms with Gasteiger partial charge in [-0.05, 0) is 41.3 Å². The summed E-state index contributed by atoms with van der Waals surface area (Å²) in [6, 6.07) is 14.9. The Hall–Kier alpha value is -1.87. The molecule has 0 aromatic heterocycles. The zero-order chi connectivity index (χ0) is 15.2. The normalized spacial score (nSPS) is 12.4. The lowest BCUT2D eigenvalue weighted by molar-refractivity contribution is 0.404. The SMILES string of the molecule is COc1cccc(CNC(c2ccc(F)cc2)C(C)C)c1. The summed E-state index contributed by atoms with van der Waals surface area (Å²) in [5.41, 5.74) is 2.27. The molecule has 0 bridgehead atoms. The van der Waals surface area contributed by atoms with E-state index in [0.29, 0.717) is 5.92 Å². The Labute approximate surface area is 126 Å². The number of hydrogen-bond acceptors (Lipinski definition) is 2. The van der Waals surface area contributed by atoms with Gasteiger partial charge in [0.2, 0.25) is 0 Å².